The summed E-state index contributed by atoms with van der Waals surface area (Å²) in [6, 6.07) is 10.3. The Bertz CT molecular complexity index is 708. The van der Waals surface area contributed by atoms with E-state index in [0.29, 0.717) is 18.0 Å². The van der Waals surface area contributed by atoms with Crippen molar-refractivity contribution in [3.05, 3.63) is 54.0 Å². The number of carbonyl (C=O) groups excluding carboxylic acids is 1. The molecule has 1 heterocycles. The lowest BCUT2D eigenvalue weighted by Crippen LogP contribution is -2.39. The van der Waals surface area contributed by atoms with E-state index in [4.69, 9.17) is 0 Å². The Labute approximate surface area is 148 Å². The maximum atomic E-state index is 13.3. The van der Waals surface area contributed by atoms with E-state index in [0.717, 1.165) is 11.1 Å². The summed E-state index contributed by atoms with van der Waals surface area (Å²) in [6.07, 6.45) is 8.32. The standard InChI is InChI=1S/C21H25FN2O/c1-15(17-6-3-2-4-7-17)24-21(25)12-16-10-11-20(23-14-16)18-8-5-9-19(22)13-18/h5,8-11,13-15,17H,2-4,6-7,12H2,1H3,(H,24,25)/t15-/m1/s1. The van der Waals surface area contributed by atoms with Crippen LogP contribution in [0.4, 0.5) is 4.39 Å². The summed E-state index contributed by atoms with van der Waals surface area (Å²) in [5.41, 5.74) is 2.31. The fourth-order valence-corrected chi connectivity index (χ4v) is 3.59. The monoisotopic (exact) mass is 340 g/mol. The van der Waals surface area contributed by atoms with Gasteiger partial charge in [0.2, 0.25) is 5.91 Å². The number of carbonyl (C=O) groups is 1. The van der Waals surface area contributed by atoms with Crippen LogP contribution >= 0.6 is 0 Å². The molecule has 0 radical (unpaired) electrons. The molecule has 1 fully saturated rings. The van der Waals surface area contributed by atoms with Crippen LogP contribution in [0.2, 0.25) is 0 Å². The summed E-state index contributed by atoms with van der Waals surface area (Å²) >= 11 is 0. The van der Waals surface area contributed by atoms with Gasteiger partial charge in [-0.05, 0) is 49.4 Å². The third kappa shape index (κ3) is 4.88. The predicted octanol–water partition coefficient (Wildman–Crippen LogP) is 4.52. The Morgan fingerprint density at radius 3 is 2.72 bits per heavy atom. The van der Waals surface area contributed by atoms with E-state index in [1.54, 1.807) is 12.3 Å². The Hall–Kier alpha value is -2.23. The fourth-order valence-electron chi connectivity index (χ4n) is 3.59. The van der Waals surface area contributed by atoms with E-state index in [9.17, 15) is 9.18 Å². The van der Waals surface area contributed by atoms with Gasteiger partial charge in [0.05, 0.1) is 12.1 Å². The molecule has 3 nitrogen and oxygen atoms in total. The van der Waals surface area contributed by atoms with Crippen molar-refractivity contribution in [2.24, 2.45) is 5.92 Å². The maximum Gasteiger partial charge on any atom is 0.224 e. The number of hydrogen-bond donors (Lipinski definition) is 1. The number of hydrogen-bond acceptors (Lipinski definition) is 2. The van der Waals surface area contributed by atoms with Gasteiger partial charge in [-0.1, -0.05) is 37.5 Å². The number of pyridine rings is 1. The molecule has 1 aromatic carbocycles. The molecule has 1 aromatic heterocycles. The van der Waals surface area contributed by atoms with Crippen molar-refractivity contribution in [2.45, 2.75) is 51.5 Å². The highest BCUT2D eigenvalue weighted by Crippen LogP contribution is 2.26. The zero-order valence-corrected chi connectivity index (χ0v) is 14.7. The third-order valence-electron chi connectivity index (χ3n) is 5.06. The molecule has 1 atom stereocenters. The quantitative estimate of drug-likeness (QED) is 0.870. The minimum atomic E-state index is -0.278. The Morgan fingerprint density at radius 2 is 2.04 bits per heavy atom. The summed E-state index contributed by atoms with van der Waals surface area (Å²) in [7, 11) is 0. The molecule has 1 N–H and O–H groups in total. The Balaban J connectivity index is 1.56. The van der Waals surface area contributed by atoms with E-state index in [2.05, 4.69) is 17.2 Å². The molecule has 25 heavy (non-hydrogen) atoms. The molecule has 4 heteroatoms. The van der Waals surface area contributed by atoms with E-state index in [1.807, 2.05) is 18.2 Å². The minimum Gasteiger partial charge on any atom is -0.353 e. The summed E-state index contributed by atoms with van der Waals surface area (Å²) in [6.45, 7) is 2.11. The van der Waals surface area contributed by atoms with Crippen molar-refractivity contribution in [2.75, 3.05) is 0 Å². The molecule has 0 aliphatic heterocycles. The predicted molar refractivity (Wildman–Crippen MR) is 97.5 cm³/mol. The van der Waals surface area contributed by atoms with E-state index < -0.39 is 0 Å². The summed E-state index contributed by atoms with van der Waals surface area (Å²) in [4.78, 5) is 16.6. The van der Waals surface area contributed by atoms with E-state index >= 15 is 0 Å². The van der Waals surface area contributed by atoms with Crippen molar-refractivity contribution < 1.29 is 9.18 Å². The molecule has 1 amide bonds. The molecule has 2 aromatic rings. The van der Waals surface area contributed by atoms with Gasteiger partial charge in [0.25, 0.3) is 0 Å². The zero-order valence-electron chi connectivity index (χ0n) is 14.7. The summed E-state index contributed by atoms with van der Waals surface area (Å²) in [5, 5.41) is 3.14. The number of amides is 1. The van der Waals surface area contributed by atoms with Crippen LogP contribution in [0, 0.1) is 11.7 Å². The second-order valence-corrected chi connectivity index (χ2v) is 6.99. The van der Waals surface area contributed by atoms with Crippen LogP contribution in [0.25, 0.3) is 11.3 Å². The molecular weight excluding hydrogens is 315 g/mol. The van der Waals surface area contributed by atoms with Crippen LogP contribution in [0.15, 0.2) is 42.6 Å². The first-order chi connectivity index (χ1) is 12.1. The molecule has 1 aliphatic rings. The van der Waals surface area contributed by atoms with Crippen molar-refractivity contribution in [1.29, 1.82) is 0 Å². The highest BCUT2D eigenvalue weighted by atomic mass is 19.1. The van der Waals surface area contributed by atoms with Crippen LogP contribution in [0.5, 0.6) is 0 Å². The van der Waals surface area contributed by atoms with Crippen molar-refractivity contribution in [1.82, 2.24) is 10.3 Å². The lowest BCUT2D eigenvalue weighted by atomic mass is 9.84. The van der Waals surface area contributed by atoms with Crippen LogP contribution in [0.3, 0.4) is 0 Å². The lowest BCUT2D eigenvalue weighted by Gasteiger charge is -2.28. The number of halogens is 1. The average molecular weight is 340 g/mol. The minimum absolute atomic E-state index is 0.0402. The number of aromatic nitrogens is 1. The van der Waals surface area contributed by atoms with Gasteiger partial charge in [-0.3, -0.25) is 9.78 Å². The first-order valence-corrected chi connectivity index (χ1v) is 9.12. The lowest BCUT2D eigenvalue weighted by molar-refractivity contribution is -0.121. The molecule has 0 unspecified atom stereocenters. The molecule has 1 saturated carbocycles. The van der Waals surface area contributed by atoms with E-state index in [-0.39, 0.29) is 17.8 Å². The van der Waals surface area contributed by atoms with Crippen LogP contribution in [0.1, 0.15) is 44.6 Å². The van der Waals surface area contributed by atoms with Crippen LogP contribution in [-0.2, 0) is 11.2 Å². The fraction of sp³-hybridized carbons (Fsp3) is 0.429. The van der Waals surface area contributed by atoms with Gasteiger partial charge in [-0.25, -0.2) is 4.39 Å². The van der Waals surface area contributed by atoms with Gasteiger partial charge in [0.1, 0.15) is 5.82 Å². The maximum absolute atomic E-state index is 13.3. The van der Waals surface area contributed by atoms with Gasteiger partial charge in [-0.15, -0.1) is 0 Å². The highest BCUT2D eigenvalue weighted by Gasteiger charge is 2.21. The smallest absolute Gasteiger partial charge is 0.224 e. The van der Waals surface area contributed by atoms with E-state index in [1.165, 1.54) is 44.2 Å². The van der Waals surface area contributed by atoms with Crippen LogP contribution < -0.4 is 5.32 Å². The normalized spacial score (nSPS) is 16.4. The molecule has 1 aliphatic carbocycles. The molecule has 0 spiro atoms. The third-order valence-corrected chi connectivity index (χ3v) is 5.06. The zero-order chi connectivity index (χ0) is 17.6. The molecule has 0 saturated heterocycles. The number of nitrogens with one attached hydrogen (secondary N) is 1. The molecule has 0 bridgehead atoms. The molecule has 3 rings (SSSR count). The van der Waals surface area contributed by atoms with Crippen molar-refractivity contribution in [3.63, 3.8) is 0 Å². The number of benzene rings is 1. The Morgan fingerprint density at radius 1 is 1.24 bits per heavy atom. The Kier molecular flexibility index (Phi) is 5.79. The second kappa shape index (κ2) is 8.24. The highest BCUT2D eigenvalue weighted by molar-refractivity contribution is 5.78. The summed E-state index contributed by atoms with van der Waals surface area (Å²) in [5.74, 6) is 0.365. The molecular formula is C21H25FN2O. The van der Waals surface area contributed by atoms with Gasteiger partial charge < -0.3 is 5.32 Å². The van der Waals surface area contributed by atoms with Gasteiger partial charge in [0.15, 0.2) is 0 Å². The van der Waals surface area contributed by atoms with Crippen LogP contribution in [-0.4, -0.2) is 16.9 Å². The SMILES string of the molecule is C[C@@H](NC(=O)Cc1ccc(-c2cccc(F)c2)nc1)C1CCCCC1. The number of nitrogens with zero attached hydrogens (tertiary/aromatic N) is 1. The van der Waals surface area contributed by atoms with Gasteiger partial charge >= 0.3 is 0 Å². The second-order valence-electron chi connectivity index (χ2n) is 6.99. The first kappa shape index (κ1) is 17.6. The average Bonchev–Trinajstić information content (AvgIpc) is 2.63. The first-order valence-electron chi connectivity index (χ1n) is 9.12. The molecule has 132 valence electrons. The summed E-state index contributed by atoms with van der Waals surface area (Å²) < 4.78 is 13.3. The topological polar surface area (TPSA) is 42.0 Å². The van der Waals surface area contributed by atoms with Crippen molar-refractivity contribution >= 4 is 5.91 Å². The largest absolute Gasteiger partial charge is 0.353 e. The van der Waals surface area contributed by atoms with Gasteiger partial charge in [0, 0.05) is 17.8 Å². The van der Waals surface area contributed by atoms with Gasteiger partial charge in [-0.2, -0.15) is 0 Å². The van der Waals surface area contributed by atoms with Crippen molar-refractivity contribution in [3.8, 4) is 11.3 Å². The number of rotatable bonds is 5.